The Morgan fingerprint density at radius 1 is 1.04 bits per heavy atom. The van der Waals surface area contributed by atoms with Gasteiger partial charge in [-0.25, -0.2) is 4.39 Å². The third-order valence-corrected chi connectivity index (χ3v) is 4.11. The molecule has 0 radical (unpaired) electrons. The smallest absolute Gasteiger partial charge is 0.229 e. The predicted octanol–water partition coefficient (Wildman–Crippen LogP) is 2.78. The molecular formula is C19H18FN3O3. The number of benzene rings is 2. The molecule has 134 valence electrons. The summed E-state index contributed by atoms with van der Waals surface area (Å²) in [5.41, 5.74) is 1.37. The van der Waals surface area contributed by atoms with E-state index in [1.54, 1.807) is 36.4 Å². The van der Waals surface area contributed by atoms with Crippen LogP contribution < -0.4 is 15.5 Å². The summed E-state index contributed by atoms with van der Waals surface area (Å²) in [6.45, 7) is 1.55. The third kappa shape index (κ3) is 3.88. The summed E-state index contributed by atoms with van der Waals surface area (Å²) in [4.78, 5) is 36.9. The van der Waals surface area contributed by atoms with Crippen molar-refractivity contribution >= 4 is 34.8 Å². The number of nitrogens with one attached hydrogen (secondary N) is 2. The van der Waals surface area contributed by atoms with Crippen molar-refractivity contribution in [3.63, 3.8) is 0 Å². The monoisotopic (exact) mass is 355 g/mol. The maximum absolute atomic E-state index is 13.9. The molecule has 3 rings (SSSR count). The first-order chi connectivity index (χ1) is 12.4. The maximum atomic E-state index is 13.9. The molecule has 3 amide bonds. The molecule has 7 heteroatoms. The fourth-order valence-corrected chi connectivity index (χ4v) is 2.87. The van der Waals surface area contributed by atoms with Crippen molar-refractivity contribution in [3.8, 4) is 0 Å². The molecule has 1 saturated heterocycles. The molecule has 26 heavy (non-hydrogen) atoms. The topological polar surface area (TPSA) is 78.5 Å². The number of para-hydroxylation sites is 1. The van der Waals surface area contributed by atoms with Crippen LogP contribution in [0.15, 0.2) is 48.5 Å². The standard InChI is InChI=1S/C19H18FN3O3/c1-12(24)21-14-6-8-15(9-7-14)22-19(26)13-10-18(25)23(11-13)17-5-3-2-4-16(17)20/h2-9,13H,10-11H2,1H3,(H,21,24)(H,22,26)/t13-/m1/s1. The van der Waals surface area contributed by atoms with E-state index in [2.05, 4.69) is 10.6 Å². The molecule has 0 bridgehead atoms. The fourth-order valence-electron chi connectivity index (χ4n) is 2.87. The lowest BCUT2D eigenvalue weighted by atomic mass is 10.1. The van der Waals surface area contributed by atoms with Crippen molar-refractivity contribution in [1.82, 2.24) is 0 Å². The van der Waals surface area contributed by atoms with Crippen molar-refractivity contribution in [3.05, 3.63) is 54.3 Å². The van der Waals surface area contributed by atoms with Gasteiger partial charge in [0.15, 0.2) is 0 Å². The van der Waals surface area contributed by atoms with E-state index in [-0.39, 0.29) is 36.4 Å². The minimum absolute atomic E-state index is 0.0319. The van der Waals surface area contributed by atoms with Crippen LogP contribution in [0, 0.1) is 11.7 Å². The summed E-state index contributed by atoms with van der Waals surface area (Å²) in [5.74, 6) is -1.81. The molecule has 1 aliphatic rings. The van der Waals surface area contributed by atoms with Gasteiger partial charge < -0.3 is 15.5 Å². The molecule has 6 nitrogen and oxygen atoms in total. The first kappa shape index (κ1) is 17.6. The third-order valence-electron chi connectivity index (χ3n) is 4.11. The molecule has 1 aliphatic heterocycles. The van der Waals surface area contributed by atoms with E-state index >= 15 is 0 Å². The van der Waals surface area contributed by atoms with Crippen LogP contribution in [0.3, 0.4) is 0 Å². The lowest BCUT2D eigenvalue weighted by Gasteiger charge is -2.17. The molecule has 1 atom stereocenters. The van der Waals surface area contributed by atoms with Gasteiger partial charge in [0.1, 0.15) is 5.82 Å². The molecule has 2 aromatic carbocycles. The Kier molecular flexibility index (Phi) is 4.97. The highest BCUT2D eigenvalue weighted by molar-refractivity contribution is 6.03. The average Bonchev–Trinajstić information content (AvgIpc) is 2.98. The lowest BCUT2D eigenvalue weighted by Crippen LogP contribution is -2.28. The van der Waals surface area contributed by atoms with Gasteiger partial charge in [0.25, 0.3) is 0 Å². The van der Waals surface area contributed by atoms with Crippen LogP contribution in [-0.2, 0) is 14.4 Å². The number of carbonyl (C=O) groups excluding carboxylic acids is 3. The largest absolute Gasteiger partial charge is 0.326 e. The van der Waals surface area contributed by atoms with Crippen molar-refractivity contribution in [2.45, 2.75) is 13.3 Å². The van der Waals surface area contributed by atoms with E-state index in [0.29, 0.717) is 11.4 Å². The van der Waals surface area contributed by atoms with Gasteiger partial charge in [-0.2, -0.15) is 0 Å². The van der Waals surface area contributed by atoms with Crippen LogP contribution in [-0.4, -0.2) is 24.3 Å². The van der Waals surface area contributed by atoms with Gasteiger partial charge in [-0.05, 0) is 36.4 Å². The lowest BCUT2D eigenvalue weighted by molar-refractivity contribution is -0.122. The van der Waals surface area contributed by atoms with Gasteiger partial charge in [-0.3, -0.25) is 14.4 Å². The second-order valence-corrected chi connectivity index (χ2v) is 6.10. The van der Waals surface area contributed by atoms with Crippen LogP contribution in [0.25, 0.3) is 0 Å². The molecule has 0 aromatic heterocycles. The van der Waals surface area contributed by atoms with Gasteiger partial charge in [-0.15, -0.1) is 0 Å². The maximum Gasteiger partial charge on any atom is 0.229 e. The molecule has 0 unspecified atom stereocenters. The Labute approximate surface area is 150 Å². The zero-order valence-electron chi connectivity index (χ0n) is 14.2. The van der Waals surface area contributed by atoms with Crippen molar-refractivity contribution in [1.29, 1.82) is 0 Å². The predicted molar refractivity (Wildman–Crippen MR) is 96.2 cm³/mol. The number of anilines is 3. The number of carbonyl (C=O) groups is 3. The Bertz CT molecular complexity index is 851. The fraction of sp³-hybridized carbons (Fsp3) is 0.211. The van der Waals surface area contributed by atoms with Gasteiger partial charge in [0.2, 0.25) is 17.7 Å². The number of hydrogen-bond donors (Lipinski definition) is 2. The van der Waals surface area contributed by atoms with E-state index in [1.807, 2.05) is 0 Å². The molecule has 1 fully saturated rings. The summed E-state index contributed by atoms with van der Waals surface area (Å²) in [6, 6.07) is 12.7. The average molecular weight is 355 g/mol. The highest BCUT2D eigenvalue weighted by Crippen LogP contribution is 2.28. The molecule has 0 spiro atoms. The number of hydrogen-bond acceptors (Lipinski definition) is 3. The second kappa shape index (κ2) is 7.35. The highest BCUT2D eigenvalue weighted by Gasteiger charge is 2.36. The van der Waals surface area contributed by atoms with Gasteiger partial charge in [-0.1, -0.05) is 12.1 Å². The molecule has 0 saturated carbocycles. The molecule has 2 aromatic rings. The zero-order chi connectivity index (χ0) is 18.7. The normalized spacial score (nSPS) is 16.5. The summed E-state index contributed by atoms with van der Waals surface area (Å²) >= 11 is 0. The minimum Gasteiger partial charge on any atom is -0.326 e. The number of amides is 3. The van der Waals surface area contributed by atoms with Crippen molar-refractivity contribution in [2.75, 3.05) is 22.1 Å². The van der Waals surface area contributed by atoms with E-state index in [1.165, 1.54) is 24.0 Å². The second-order valence-electron chi connectivity index (χ2n) is 6.10. The quantitative estimate of drug-likeness (QED) is 0.885. The Morgan fingerprint density at radius 2 is 1.65 bits per heavy atom. The number of rotatable bonds is 4. The van der Waals surface area contributed by atoms with Gasteiger partial charge in [0, 0.05) is 31.3 Å². The summed E-state index contributed by atoms with van der Waals surface area (Å²) < 4.78 is 13.9. The zero-order valence-corrected chi connectivity index (χ0v) is 14.2. The van der Waals surface area contributed by atoms with Crippen molar-refractivity contribution < 1.29 is 18.8 Å². The number of halogens is 1. The Morgan fingerprint density at radius 3 is 2.27 bits per heavy atom. The van der Waals surface area contributed by atoms with Crippen molar-refractivity contribution in [2.24, 2.45) is 5.92 Å². The van der Waals surface area contributed by atoms with Crippen LogP contribution >= 0.6 is 0 Å². The van der Waals surface area contributed by atoms with Crippen LogP contribution in [0.1, 0.15) is 13.3 Å². The van der Waals surface area contributed by atoms with E-state index in [0.717, 1.165) is 0 Å². The van der Waals surface area contributed by atoms with Gasteiger partial charge in [0.05, 0.1) is 11.6 Å². The molecule has 1 heterocycles. The summed E-state index contributed by atoms with van der Waals surface area (Å²) in [6.07, 6.45) is 0.0319. The van der Waals surface area contributed by atoms with E-state index in [9.17, 15) is 18.8 Å². The van der Waals surface area contributed by atoms with Crippen LogP contribution in [0.2, 0.25) is 0 Å². The molecule has 2 N–H and O–H groups in total. The summed E-state index contributed by atoms with van der Waals surface area (Å²) in [7, 11) is 0. The first-order valence-electron chi connectivity index (χ1n) is 8.17. The summed E-state index contributed by atoms with van der Waals surface area (Å²) in [5, 5.41) is 5.38. The van der Waals surface area contributed by atoms with Gasteiger partial charge >= 0.3 is 0 Å². The van der Waals surface area contributed by atoms with Crippen LogP contribution in [0.4, 0.5) is 21.5 Å². The molecular weight excluding hydrogens is 337 g/mol. The Balaban J connectivity index is 1.65. The van der Waals surface area contributed by atoms with E-state index < -0.39 is 11.7 Å². The van der Waals surface area contributed by atoms with E-state index in [4.69, 9.17) is 0 Å². The minimum atomic E-state index is -0.558. The molecule has 0 aliphatic carbocycles. The highest BCUT2D eigenvalue weighted by atomic mass is 19.1. The number of nitrogens with zero attached hydrogens (tertiary/aromatic N) is 1. The Hall–Kier alpha value is -3.22. The van der Waals surface area contributed by atoms with Crippen LogP contribution in [0.5, 0.6) is 0 Å². The SMILES string of the molecule is CC(=O)Nc1ccc(NC(=O)[C@@H]2CC(=O)N(c3ccccc3F)C2)cc1. The first-order valence-corrected chi connectivity index (χ1v) is 8.17.